The molecule has 4 N–H and O–H groups in total. The van der Waals surface area contributed by atoms with Gasteiger partial charge in [-0.05, 0) is 151 Å². The number of hydrogen-bond acceptors (Lipinski definition) is 12. The van der Waals surface area contributed by atoms with E-state index in [9.17, 15) is 19.2 Å². The standard InChI is InChI=1S/C15H27NO.C15H29N.2C14H26N2O.C14H28N2.C14H25NO2.C13H24N2O/c1-11-16(8)9-12(14(2,3)4)13(10-17-11)15(5,6)7;1-14(2,3)12-9-8-10-16(7)11-13(12)15(4,5)6;1-13(2,3)10-8-16(7)9-11(17)15-12(10)14(4,5)6;1-13(2,3)10-8-15-12(17)16(7)9-11(10)14(4,5)6;1-13(2,3)11-10-16(7)9-8-15-12(11)14(4,5)6;1-13(2,3)10-8-15(7)11(16)9-17-12(10)14(4,5)6;1-12(2,3)9-8-15(7)14-11(16)10(9)13(4,5)6/h1,9-10H2,2-8H3;8-11H2,1-7H3;2*8-9H2,1-7H3,(H,15,17);15H,8-10H2,1-7H3;8-9H2,1-7H3;8H2,1-7H3,(H,14,16). The summed E-state index contributed by atoms with van der Waals surface area (Å²) in [6.45, 7) is 109. The lowest BCUT2D eigenvalue weighted by Crippen LogP contribution is -2.49. The Hall–Kier alpha value is -5.36. The van der Waals surface area contributed by atoms with E-state index in [0.717, 1.165) is 75.3 Å². The van der Waals surface area contributed by atoms with Gasteiger partial charge in [-0.25, -0.2) is 9.80 Å². The Morgan fingerprint density at radius 2 is 0.698 bits per heavy atom. The maximum absolute atomic E-state index is 12.1. The molecule has 116 heavy (non-hydrogen) atoms. The molecule has 0 saturated heterocycles. The van der Waals surface area contributed by atoms with E-state index in [1.807, 2.05) is 40.2 Å². The molecule has 7 aliphatic heterocycles. The minimum Gasteiger partial charge on any atom is -0.488 e. The highest BCUT2D eigenvalue weighted by Gasteiger charge is 2.40. The molecule has 7 aliphatic rings. The van der Waals surface area contributed by atoms with Crippen LogP contribution in [0.3, 0.4) is 0 Å². The highest BCUT2D eigenvalue weighted by atomic mass is 16.5. The lowest BCUT2D eigenvalue weighted by molar-refractivity contribution is -0.132. The van der Waals surface area contributed by atoms with E-state index < -0.39 is 0 Å². The van der Waals surface area contributed by atoms with Crippen molar-refractivity contribution in [2.24, 2.45) is 75.8 Å². The SMILES string of the molecule is C=C1OCC(C(C)(C)C)=C(C(C)(C)C)CN1C.CN1CC(=O)NC(C(C)(C)C)=C(C(C)(C)C)C1.CN1CC(C(C)(C)C)=C(C(C)(C)C)C(=O)N1.CN1CC(C(C)(C)C)=C(C(C)(C)C)CNC1=O.CN1CC(C(C)(C)C)=C(C(C)(C)C)OCC1=O.CN1CCCC(C(C)(C)C)=C(C(C)(C)C)C1.CN1CCNC(C(C)(C)C)=C(C(C)(C)C)C1. The molecule has 17 nitrogen and oxygen atoms in total. The van der Waals surface area contributed by atoms with Crippen molar-refractivity contribution in [1.29, 1.82) is 0 Å². The molecule has 0 radical (unpaired) electrons. The summed E-state index contributed by atoms with van der Waals surface area (Å²) in [5.74, 6) is 1.93. The number of nitrogens with one attached hydrogen (secondary N) is 4. The Morgan fingerprint density at radius 1 is 0.319 bits per heavy atom. The number of ether oxygens (including phenoxy) is 2. The summed E-state index contributed by atoms with van der Waals surface area (Å²) in [4.78, 5) is 60.0. The van der Waals surface area contributed by atoms with Crippen LogP contribution < -0.4 is 21.4 Å². The van der Waals surface area contributed by atoms with Gasteiger partial charge < -0.3 is 49.9 Å². The number of amides is 5. The molecule has 0 spiro atoms. The average Bonchev–Trinajstić information content (AvgIpc) is 1.32. The van der Waals surface area contributed by atoms with Crippen molar-refractivity contribution in [3.63, 3.8) is 0 Å². The second-order valence-corrected chi connectivity index (χ2v) is 48.9. The Bertz CT molecular complexity index is 3330. The number of carbonyl (C=O) groups is 4. The zero-order valence-corrected chi connectivity index (χ0v) is 85.1. The van der Waals surface area contributed by atoms with E-state index >= 15 is 0 Å². The van der Waals surface area contributed by atoms with Gasteiger partial charge in [0.1, 0.15) is 12.4 Å². The lowest BCUT2D eigenvalue weighted by Gasteiger charge is -2.39. The summed E-state index contributed by atoms with van der Waals surface area (Å²) >= 11 is 0. The van der Waals surface area contributed by atoms with Gasteiger partial charge in [0, 0.05) is 127 Å². The van der Waals surface area contributed by atoms with Crippen LogP contribution in [0, 0.1) is 75.8 Å². The zero-order chi connectivity index (χ0) is 91.6. The zero-order valence-electron chi connectivity index (χ0n) is 85.1. The number of allylic oxidation sites excluding steroid dienone is 4. The normalized spacial score (nSPS) is 20.0. The number of nitrogens with zero attached hydrogens (tertiary/aromatic N) is 7. The molecule has 0 bridgehead atoms. The second kappa shape index (κ2) is 40.6. The molecule has 5 amide bonds. The van der Waals surface area contributed by atoms with E-state index in [-0.39, 0.29) is 95.3 Å². The fraction of sp³-hybridized carbons (Fsp3) is 0.798. The molecule has 17 heteroatoms. The Morgan fingerprint density at radius 3 is 1.11 bits per heavy atom. The summed E-state index contributed by atoms with van der Waals surface area (Å²) in [6.07, 6.45) is 2.59. The van der Waals surface area contributed by atoms with Crippen molar-refractivity contribution in [2.75, 3.05) is 141 Å². The molecule has 0 fully saturated rings. The monoisotopic (exact) mass is 1620 g/mol. The Labute approximate surface area is 715 Å². The predicted octanol–water partition coefficient (Wildman–Crippen LogP) is 21.4. The molecular formula is C99H185N11O6. The fourth-order valence-corrected chi connectivity index (χ4v) is 15.5. The number of hydrogen-bond donors (Lipinski definition) is 4. The van der Waals surface area contributed by atoms with Crippen molar-refractivity contribution >= 4 is 23.8 Å². The Balaban J connectivity index is 0.000000677. The van der Waals surface area contributed by atoms with E-state index in [2.05, 4.69) is 352 Å². The van der Waals surface area contributed by atoms with Gasteiger partial charge >= 0.3 is 6.03 Å². The van der Waals surface area contributed by atoms with E-state index in [1.54, 1.807) is 26.5 Å². The van der Waals surface area contributed by atoms with E-state index in [0.29, 0.717) is 37.1 Å². The smallest absolute Gasteiger partial charge is 0.317 e. The van der Waals surface area contributed by atoms with Gasteiger partial charge in [-0.15, -0.1) is 0 Å². The topological polar surface area (TPSA) is 158 Å². The molecule has 0 aromatic carbocycles. The van der Waals surface area contributed by atoms with Gasteiger partial charge in [0.05, 0.1) is 6.54 Å². The summed E-state index contributed by atoms with van der Waals surface area (Å²) in [5, 5.41) is 11.6. The molecule has 7 heterocycles. The quantitative estimate of drug-likeness (QED) is 0.171. The predicted molar refractivity (Wildman–Crippen MR) is 498 cm³/mol. The summed E-state index contributed by atoms with van der Waals surface area (Å²) in [5.41, 5.74) is 22.3. The first kappa shape index (κ1) is 109. The van der Waals surface area contributed by atoms with Crippen LogP contribution in [-0.2, 0) is 23.9 Å². The molecule has 0 unspecified atom stereocenters. The van der Waals surface area contributed by atoms with Crippen LogP contribution in [0.5, 0.6) is 0 Å². The van der Waals surface area contributed by atoms with Gasteiger partial charge in [0.2, 0.25) is 5.91 Å². The highest BCUT2D eigenvalue weighted by Crippen LogP contribution is 2.46. The van der Waals surface area contributed by atoms with Crippen LogP contribution in [0.2, 0.25) is 0 Å². The first-order valence-electron chi connectivity index (χ1n) is 43.5. The number of hydrazine groups is 1. The number of carbonyl (C=O) groups excluding carboxylic acids is 4. The van der Waals surface area contributed by atoms with Gasteiger partial charge in [-0.2, -0.15) is 0 Å². The third-order valence-electron chi connectivity index (χ3n) is 22.4. The van der Waals surface area contributed by atoms with Crippen molar-refractivity contribution in [3.8, 4) is 0 Å². The molecular weight excluding hydrogens is 1440 g/mol. The number of urea groups is 1. The van der Waals surface area contributed by atoms with Gasteiger partial charge in [0.25, 0.3) is 11.8 Å². The van der Waals surface area contributed by atoms with Crippen molar-refractivity contribution in [3.05, 3.63) is 90.9 Å². The number of likely N-dealkylation sites (N-methyl/N-ethyl adjacent to an activating group) is 7. The van der Waals surface area contributed by atoms with Crippen LogP contribution in [0.1, 0.15) is 304 Å². The molecule has 0 aromatic rings. The highest BCUT2D eigenvalue weighted by molar-refractivity contribution is 5.96. The van der Waals surface area contributed by atoms with E-state index in [1.165, 1.54) is 64.1 Å². The Kier molecular flexibility index (Phi) is 38.0. The van der Waals surface area contributed by atoms with Crippen LogP contribution >= 0.6 is 0 Å². The minimum absolute atomic E-state index is 0.0154. The van der Waals surface area contributed by atoms with E-state index in [4.69, 9.17) is 9.47 Å². The first-order valence-corrected chi connectivity index (χ1v) is 43.5. The molecule has 7 rings (SSSR count). The largest absolute Gasteiger partial charge is 0.488 e. The van der Waals surface area contributed by atoms with Crippen LogP contribution in [-0.4, -0.2) is 199 Å². The van der Waals surface area contributed by atoms with Gasteiger partial charge in [-0.3, -0.25) is 24.7 Å². The van der Waals surface area contributed by atoms with Gasteiger partial charge in [0.15, 0.2) is 12.5 Å². The lowest BCUT2D eigenvalue weighted by atomic mass is 9.74. The van der Waals surface area contributed by atoms with Crippen LogP contribution in [0.15, 0.2) is 90.9 Å². The summed E-state index contributed by atoms with van der Waals surface area (Å²) < 4.78 is 11.5. The number of rotatable bonds is 0. The minimum atomic E-state index is -0.103. The van der Waals surface area contributed by atoms with Crippen LogP contribution in [0.4, 0.5) is 4.79 Å². The summed E-state index contributed by atoms with van der Waals surface area (Å²) in [6, 6.07) is 0.0194. The maximum Gasteiger partial charge on any atom is 0.317 e. The third kappa shape index (κ3) is 35.0. The molecule has 672 valence electrons. The molecule has 0 aliphatic carbocycles. The second-order valence-electron chi connectivity index (χ2n) is 48.9. The van der Waals surface area contributed by atoms with Crippen molar-refractivity contribution in [2.45, 2.75) is 304 Å². The maximum atomic E-state index is 12.1. The molecule has 0 atom stereocenters. The van der Waals surface area contributed by atoms with Crippen molar-refractivity contribution in [1.82, 2.24) is 55.8 Å². The van der Waals surface area contributed by atoms with Crippen LogP contribution in [0.25, 0.3) is 0 Å². The fourth-order valence-electron chi connectivity index (χ4n) is 15.5. The average molecular weight is 1630 g/mol. The summed E-state index contributed by atoms with van der Waals surface area (Å²) in [7, 11) is 14.1. The van der Waals surface area contributed by atoms with Crippen molar-refractivity contribution < 1.29 is 28.7 Å². The molecule has 0 saturated carbocycles. The first-order chi connectivity index (χ1) is 51.4. The van der Waals surface area contributed by atoms with Gasteiger partial charge in [-0.1, -0.05) is 302 Å². The third-order valence-corrected chi connectivity index (χ3v) is 22.4. The molecule has 0 aromatic heterocycles.